The van der Waals surface area contributed by atoms with Crippen molar-refractivity contribution in [1.29, 1.82) is 0 Å². The maximum atomic E-state index is 12.7. The summed E-state index contributed by atoms with van der Waals surface area (Å²) in [5.74, 6) is -2.64. The van der Waals surface area contributed by atoms with Crippen LogP contribution < -0.4 is 0 Å². The molecule has 1 aromatic rings. The van der Waals surface area contributed by atoms with E-state index in [4.69, 9.17) is 4.74 Å². The molecule has 0 N–H and O–H groups in total. The fourth-order valence-electron chi connectivity index (χ4n) is 4.94. The van der Waals surface area contributed by atoms with Crippen molar-refractivity contribution in [2.75, 3.05) is 32.8 Å². The first-order valence-corrected chi connectivity index (χ1v) is 13.0. The summed E-state index contributed by atoms with van der Waals surface area (Å²) < 4.78 is 31.9. The predicted octanol–water partition coefficient (Wildman–Crippen LogP) is 0.626. The molecular weight excluding hydrogens is 462 g/mol. The van der Waals surface area contributed by atoms with Crippen LogP contribution in [0.2, 0.25) is 0 Å². The van der Waals surface area contributed by atoms with E-state index in [1.54, 1.807) is 18.2 Å². The third kappa shape index (κ3) is 4.58. The smallest absolute Gasteiger partial charge is 0.329 e. The van der Waals surface area contributed by atoms with Gasteiger partial charge in [-0.2, -0.15) is 4.31 Å². The molecule has 1 aromatic carbocycles. The molecule has 1 saturated carbocycles. The minimum absolute atomic E-state index is 0.132. The van der Waals surface area contributed by atoms with Crippen LogP contribution in [-0.2, 0) is 33.9 Å². The second-order valence-corrected chi connectivity index (χ2v) is 10.9. The van der Waals surface area contributed by atoms with E-state index in [2.05, 4.69) is 0 Å². The van der Waals surface area contributed by atoms with Crippen molar-refractivity contribution in [3.8, 4) is 0 Å². The summed E-state index contributed by atoms with van der Waals surface area (Å²) >= 11 is 0. The van der Waals surface area contributed by atoms with Crippen molar-refractivity contribution in [2.24, 2.45) is 11.8 Å². The van der Waals surface area contributed by atoms with Crippen molar-refractivity contribution in [3.05, 3.63) is 30.3 Å². The molecule has 0 bridgehead atoms. The number of hydrogen-bond acceptors (Lipinski definition) is 7. The molecule has 2 saturated heterocycles. The number of carbonyl (C=O) groups is 4. The maximum absolute atomic E-state index is 12.7. The molecule has 34 heavy (non-hydrogen) atoms. The van der Waals surface area contributed by atoms with Gasteiger partial charge in [-0.25, -0.2) is 13.2 Å². The molecule has 184 valence electrons. The molecule has 4 rings (SSSR count). The molecule has 3 unspecified atom stereocenters. The lowest BCUT2D eigenvalue weighted by atomic mass is 9.81. The Bertz CT molecular complexity index is 1040. The molecule has 1 aliphatic carbocycles. The second kappa shape index (κ2) is 9.83. The summed E-state index contributed by atoms with van der Waals surface area (Å²) in [6.45, 7) is 1.51. The van der Waals surface area contributed by atoms with E-state index in [0.29, 0.717) is 12.8 Å². The van der Waals surface area contributed by atoms with Crippen molar-refractivity contribution in [2.45, 2.75) is 43.5 Å². The van der Waals surface area contributed by atoms with E-state index in [1.165, 1.54) is 28.3 Å². The highest BCUT2D eigenvalue weighted by Gasteiger charge is 2.51. The molecule has 0 spiro atoms. The molecule has 3 aliphatic rings. The van der Waals surface area contributed by atoms with Gasteiger partial charge in [0.25, 0.3) is 5.91 Å². The number of sulfonamides is 1. The highest BCUT2D eigenvalue weighted by atomic mass is 32.2. The van der Waals surface area contributed by atoms with Gasteiger partial charge in [-0.3, -0.25) is 19.3 Å². The molecule has 0 aromatic heterocycles. The largest absolute Gasteiger partial charge is 0.454 e. The number of rotatable bonds is 6. The summed E-state index contributed by atoms with van der Waals surface area (Å²) in [6, 6.07) is 7.00. The number of likely N-dealkylation sites (tertiary alicyclic amines) is 1. The summed E-state index contributed by atoms with van der Waals surface area (Å²) in [7, 11) is -3.64. The van der Waals surface area contributed by atoms with Gasteiger partial charge in [0.05, 0.1) is 16.7 Å². The Morgan fingerprint density at radius 3 is 2.09 bits per heavy atom. The standard InChI is InChI=1S/C23H29N3O7S/c1-16(26-21(28)18-9-5-6-10-19(18)22(26)29)23(30)33-15-20(27)24-11-13-25(14-12-24)34(31,32)17-7-3-2-4-8-17/h2-4,7-8,16,18-19H,5-6,9-15H2,1H3. The summed E-state index contributed by atoms with van der Waals surface area (Å²) in [6.07, 6.45) is 3.08. The molecule has 3 atom stereocenters. The Hall–Kier alpha value is -2.79. The predicted molar refractivity (Wildman–Crippen MR) is 120 cm³/mol. The Labute approximate surface area is 198 Å². The summed E-state index contributed by atoms with van der Waals surface area (Å²) in [5, 5.41) is 0. The van der Waals surface area contributed by atoms with Crippen LogP contribution in [0.15, 0.2) is 35.2 Å². The van der Waals surface area contributed by atoms with E-state index < -0.39 is 34.5 Å². The van der Waals surface area contributed by atoms with E-state index >= 15 is 0 Å². The number of ether oxygens (including phenoxy) is 1. The minimum Gasteiger partial charge on any atom is -0.454 e. The third-order valence-corrected chi connectivity index (χ3v) is 8.83. The van der Waals surface area contributed by atoms with Crippen molar-refractivity contribution in [3.63, 3.8) is 0 Å². The first-order valence-electron chi connectivity index (χ1n) is 11.6. The summed E-state index contributed by atoms with van der Waals surface area (Å²) in [5.41, 5.74) is 0. The summed E-state index contributed by atoms with van der Waals surface area (Å²) in [4.78, 5) is 53.0. The van der Waals surface area contributed by atoms with E-state index in [-0.39, 0.29) is 54.7 Å². The topological polar surface area (TPSA) is 121 Å². The molecule has 11 heteroatoms. The fourth-order valence-corrected chi connectivity index (χ4v) is 6.38. The van der Waals surface area contributed by atoms with Crippen LogP contribution in [0.5, 0.6) is 0 Å². The number of amides is 3. The van der Waals surface area contributed by atoms with E-state index in [9.17, 15) is 27.6 Å². The van der Waals surface area contributed by atoms with Crippen molar-refractivity contribution < 1.29 is 32.3 Å². The Morgan fingerprint density at radius 2 is 1.53 bits per heavy atom. The Morgan fingerprint density at radius 1 is 0.971 bits per heavy atom. The zero-order valence-electron chi connectivity index (χ0n) is 19.1. The number of nitrogens with zero attached hydrogens (tertiary/aromatic N) is 3. The first kappa shape index (κ1) is 24.3. The molecule has 3 fully saturated rings. The average molecular weight is 492 g/mol. The van der Waals surface area contributed by atoms with Crippen LogP contribution >= 0.6 is 0 Å². The van der Waals surface area contributed by atoms with Gasteiger partial charge in [0.15, 0.2) is 6.61 Å². The van der Waals surface area contributed by atoms with Crippen molar-refractivity contribution >= 4 is 33.7 Å². The average Bonchev–Trinajstić information content (AvgIpc) is 3.12. The normalized spacial score (nSPS) is 24.6. The zero-order chi connectivity index (χ0) is 24.5. The molecule has 2 aliphatic heterocycles. The van der Waals surface area contributed by atoms with Gasteiger partial charge in [-0.1, -0.05) is 31.0 Å². The van der Waals surface area contributed by atoms with Crippen LogP contribution in [0.25, 0.3) is 0 Å². The SMILES string of the molecule is CC(C(=O)OCC(=O)N1CCN(S(=O)(=O)c2ccccc2)CC1)N1C(=O)C2CCCCC2C1=O. The van der Waals surface area contributed by atoms with Crippen LogP contribution in [0.3, 0.4) is 0 Å². The van der Waals surface area contributed by atoms with E-state index in [0.717, 1.165) is 17.7 Å². The number of fused-ring (bicyclic) bond motifs is 1. The van der Waals surface area contributed by atoms with Gasteiger partial charge < -0.3 is 9.64 Å². The van der Waals surface area contributed by atoms with Crippen molar-refractivity contribution in [1.82, 2.24) is 14.1 Å². The minimum atomic E-state index is -3.64. The number of hydrogen-bond donors (Lipinski definition) is 0. The number of esters is 1. The maximum Gasteiger partial charge on any atom is 0.329 e. The number of piperazine rings is 1. The third-order valence-electron chi connectivity index (χ3n) is 6.91. The lowest BCUT2D eigenvalue weighted by molar-refractivity contribution is -0.161. The van der Waals surface area contributed by atoms with Gasteiger partial charge in [0.1, 0.15) is 6.04 Å². The molecule has 3 amide bonds. The monoisotopic (exact) mass is 491 g/mol. The number of carbonyl (C=O) groups excluding carboxylic acids is 4. The lowest BCUT2D eigenvalue weighted by Crippen LogP contribution is -2.51. The fraction of sp³-hybridized carbons (Fsp3) is 0.565. The van der Waals surface area contributed by atoms with Gasteiger partial charge in [-0.05, 0) is 31.9 Å². The van der Waals surface area contributed by atoms with Crippen LogP contribution in [0.1, 0.15) is 32.6 Å². The van der Waals surface area contributed by atoms with E-state index in [1.807, 2.05) is 0 Å². The highest BCUT2D eigenvalue weighted by molar-refractivity contribution is 7.89. The van der Waals surface area contributed by atoms with Gasteiger partial charge in [0, 0.05) is 26.2 Å². The quantitative estimate of drug-likeness (QED) is 0.423. The first-order chi connectivity index (χ1) is 16.2. The molecular formula is C23H29N3O7S. The van der Waals surface area contributed by atoms with Crippen LogP contribution in [0, 0.1) is 11.8 Å². The Balaban J connectivity index is 1.28. The lowest BCUT2D eigenvalue weighted by Gasteiger charge is -2.34. The molecule has 0 radical (unpaired) electrons. The van der Waals surface area contributed by atoms with Gasteiger partial charge in [-0.15, -0.1) is 0 Å². The zero-order valence-corrected chi connectivity index (χ0v) is 19.9. The van der Waals surface area contributed by atoms with Crippen LogP contribution in [-0.4, -0.2) is 85.0 Å². The molecule has 10 nitrogen and oxygen atoms in total. The van der Waals surface area contributed by atoms with Gasteiger partial charge >= 0.3 is 5.97 Å². The molecule has 2 heterocycles. The highest BCUT2D eigenvalue weighted by Crippen LogP contribution is 2.38. The number of imide groups is 1. The Kier molecular flexibility index (Phi) is 7.04. The second-order valence-electron chi connectivity index (χ2n) is 8.93. The van der Waals surface area contributed by atoms with Crippen LogP contribution in [0.4, 0.5) is 0 Å². The van der Waals surface area contributed by atoms with Gasteiger partial charge in [0.2, 0.25) is 21.8 Å². The number of benzene rings is 1.